The third-order valence-electron chi connectivity index (χ3n) is 5.20. The maximum absolute atomic E-state index is 12.2. The van der Waals surface area contributed by atoms with Gasteiger partial charge in [-0.2, -0.15) is 0 Å². The Kier molecular flexibility index (Phi) is 3.62. The molecule has 0 spiro atoms. The molecule has 0 saturated heterocycles. The van der Waals surface area contributed by atoms with Gasteiger partial charge in [0, 0.05) is 28.6 Å². The molecule has 5 rings (SSSR count). The maximum Gasteiger partial charge on any atom is 0.248 e. The lowest BCUT2D eigenvalue weighted by Crippen LogP contribution is -2.31. The Hall–Kier alpha value is -2.99. The molecule has 0 bridgehead atoms. The predicted octanol–water partition coefficient (Wildman–Crippen LogP) is 3.41. The first-order chi connectivity index (χ1) is 13.1. The number of anilines is 1. The molecule has 2 aliphatic rings. The lowest BCUT2D eigenvalue weighted by Gasteiger charge is -2.25. The summed E-state index contributed by atoms with van der Waals surface area (Å²) in [5.41, 5.74) is 12.2. The van der Waals surface area contributed by atoms with Crippen molar-refractivity contribution >= 4 is 28.8 Å². The van der Waals surface area contributed by atoms with Crippen molar-refractivity contribution < 1.29 is 9.59 Å². The zero-order valence-electron chi connectivity index (χ0n) is 14.6. The van der Waals surface area contributed by atoms with Gasteiger partial charge in [0.1, 0.15) is 5.01 Å². The van der Waals surface area contributed by atoms with Gasteiger partial charge in [-0.3, -0.25) is 9.59 Å². The van der Waals surface area contributed by atoms with Crippen molar-refractivity contribution in [3.05, 3.63) is 58.5 Å². The van der Waals surface area contributed by atoms with Gasteiger partial charge in [-0.25, -0.2) is 4.98 Å². The minimum Gasteiger partial charge on any atom is -0.366 e. The fourth-order valence-corrected chi connectivity index (χ4v) is 4.80. The number of primary amides is 1. The van der Waals surface area contributed by atoms with Gasteiger partial charge in [0.05, 0.1) is 17.8 Å². The van der Waals surface area contributed by atoms with Crippen LogP contribution in [0.25, 0.3) is 21.8 Å². The normalized spacial score (nSPS) is 15.1. The first-order valence-electron chi connectivity index (χ1n) is 8.92. The molecule has 0 unspecified atom stereocenters. The second kappa shape index (κ2) is 6.03. The number of aryl methyl sites for hydroxylation is 1. The van der Waals surface area contributed by atoms with E-state index in [0.29, 0.717) is 12.0 Å². The Balaban J connectivity index is 1.54. The minimum absolute atomic E-state index is 0.199. The summed E-state index contributed by atoms with van der Waals surface area (Å²) in [7, 11) is 0. The zero-order chi connectivity index (χ0) is 18.5. The molecule has 2 amide bonds. The van der Waals surface area contributed by atoms with Crippen molar-refractivity contribution in [3.63, 3.8) is 0 Å². The van der Waals surface area contributed by atoms with Crippen molar-refractivity contribution in [1.29, 1.82) is 0 Å². The summed E-state index contributed by atoms with van der Waals surface area (Å²) < 4.78 is 0. The number of carbonyl (C=O) groups is 2. The van der Waals surface area contributed by atoms with Crippen LogP contribution >= 0.6 is 11.3 Å². The maximum atomic E-state index is 12.2. The lowest BCUT2D eigenvalue weighted by molar-refractivity contribution is -0.117. The number of hydrogen-bond donors (Lipinski definition) is 1. The minimum atomic E-state index is -0.444. The van der Waals surface area contributed by atoms with E-state index in [1.54, 1.807) is 12.1 Å². The first-order valence-corrected chi connectivity index (χ1v) is 9.80. The Morgan fingerprint density at radius 3 is 2.85 bits per heavy atom. The molecule has 0 aliphatic carbocycles. The van der Waals surface area contributed by atoms with Crippen molar-refractivity contribution in [2.24, 2.45) is 5.73 Å². The highest BCUT2D eigenvalue weighted by atomic mass is 32.1. The highest BCUT2D eigenvalue weighted by molar-refractivity contribution is 7.13. The van der Waals surface area contributed by atoms with Gasteiger partial charge in [0.2, 0.25) is 11.8 Å². The van der Waals surface area contributed by atoms with Crippen molar-refractivity contribution in [3.8, 4) is 21.8 Å². The van der Waals surface area contributed by atoms with Crippen LogP contribution in [0.1, 0.15) is 27.9 Å². The van der Waals surface area contributed by atoms with Crippen molar-refractivity contribution in [1.82, 2.24) is 4.98 Å². The number of amides is 2. The number of thiazole rings is 1. The summed E-state index contributed by atoms with van der Waals surface area (Å²) >= 11 is 1.54. The third kappa shape index (κ3) is 2.64. The molecule has 1 aromatic heterocycles. The van der Waals surface area contributed by atoms with Gasteiger partial charge < -0.3 is 10.6 Å². The Morgan fingerprint density at radius 1 is 1.15 bits per heavy atom. The summed E-state index contributed by atoms with van der Waals surface area (Å²) in [6, 6.07) is 11.5. The predicted molar refractivity (Wildman–Crippen MR) is 106 cm³/mol. The number of hydrogen-bond acceptors (Lipinski definition) is 4. The molecule has 0 atom stereocenters. The first kappa shape index (κ1) is 16.2. The zero-order valence-corrected chi connectivity index (χ0v) is 15.4. The highest BCUT2D eigenvalue weighted by Crippen LogP contribution is 2.40. The topological polar surface area (TPSA) is 76.3 Å². The van der Waals surface area contributed by atoms with Crippen molar-refractivity contribution in [2.75, 3.05) is 11.4 Å². The number of aromatic nitrogens is 1. The van der Waals surface area contributed by atoms with Crippen LogP contribution in [0, 0.1) is 0 Å². The Bertz CT molecular complexity index is 1100. The fourth-order valence-electron chi connectivity index (χ4n) is 3.97. The van der Waals surface area contributed by atoms with Crippen LogP contribution in [0.5, 0.6) is 0 Å². The Morgan fingerprint density at radius 2 is 2.00 bits per heavy atom. The van der Waals surface area contributed by atoms with Crippen LogP contribution in [0.4, 0.5) is 5.69 Å². The number of nitrogens with two attached hydrogens (primary N) is 1. The van der Waals surface area contributed by atoms with Crippen LogP contribution in [0.2, 0.25) is 0 Å². The van der Waals surface area contributed by atoms with Crippen LogP contribution in [0.15, 0.2) is 41.8 Å². The molecule has 0 saturated carbocycles. The van der Waals surface area contributed by atoms with Gasteiger partial charge >= 0.3 is 0 Å². The molecule has 27 heavy (non-hydrogen) atoms. The lowest BCUT2D eigenvalue weighted by atomic mass is 9.96. The molecule has 134 valence electrons. The van der Waals surface area contributed by atoms with Gasteiger partial charge in [-0.05, 0) is 48.2 Å². The molecule has 2 aliphatic heterocycles. The largest absolute Gasteiger partial charge is 0.366 e. The van der Waals surface area contributed by atoms with Gasteiger partial charge in [0.25, 0.3) is 0 Å². The fraction of sp³-hybridized carbons (Fsp3) is 0.190. The van der Waals surface area contributed by atoms with Gasteiger partial charge in [-0.15, -0.1) is 11.3 Å². The number of nitrogens with zero attached hydrogens (tertiary/aromatic N) is 2. The molecule has 2 aromatic carbocycles. The van der Waals surface area contributed by atoms with Crippen LogP contribution < -0.4 is 10.6 Å². The van der Waals surface area contributed by atoms with E-state index in [1.165, 1.54) is 16.9 Å². The SMILES string of the molecule is NC(=O)c1cccc(-c2nc(-c3cc4c5c(c3)CC(=O)N5CCC4)cs2)c1. The second-order valence-electron chi connectivity index (χ2n) is 6.95. The van der Waals surface area contributed by atoms with E-state index in [2.05, 4.69) is 12.1 Å². The van der Waals surface area contributed by atoms with Crippen LogP contribution in [-0.2, 0) is 17.6 Å². The molecule has 0 radical (unpaired) electrons. The summed E-state index contributed by atoms with van der Waals surface area (Å²) in [6.07, 6.45) is 2.48. The average molecular weight is 375 g/mol. The van der Waals surface area contributed by atoms with E-state index in [0.717, 1.165) is 52.5 Å². The molecular weight excluding hydrogens is 358 g/mol. The summed E-state index contributed by atoms with van der Waals surface area (Å²) in [6.45, 7) is 0.829. The third-order valence-corrected chi connectivity index (χ3v) is 6.09. The smallest absolute Gasteiger partial charge is 0.248 e. The standard InChI is InChI=1S/C21H17N3O2S/c22-20(26)13-3-1-4-14(8-13)21-23-17(11-27-21)15-7-12-5-2-6-24-18(25)10-16(9-15)19(12)24/h1,3-4,7-9,11H,2,5-6,10H2,(H2,22,26). The molecule has 2 N–H and O–H groups in total. The number of rotatable bonds is 3. The van der Waals surface area contributed by atoms with Gasteiger partial charge in [0.15, 0.2) is 0 Å². The molecule has 0 fully saturated rings. The molecule has 6 heteroatoms. The quantitative estimate of drug-likeness (QED) is 0.762. The van der Waals surface area contributed by atoms with E-state index in [4.69, 9.17) is 10.7 Å². The highest BCUT2D eigenvalue weighted by Gasteiger charge is 2.32. The summed E-state index contributed by atoms with van der Waals surface area (Å²) in [5, 5.41) is 2.87. The molecule has 5 nitrogen and oxygen atoms in total. The second-order valence-corrected chi connectivity index (χ2v) is 7.81. The van der Waals surface area contributed by atoms with E-state index >= 15 is 0 Å². The monoisotopic (exact) mass is 375 g/mol. The average Bonchev–Trinajstić information content (AvgIpc) is 3.29. The number of carbonyl (C=O) groups excluding carboxylic acids is 2. The molecule has 3 aromatic rings. The van der Waals surface area contributed by atoms with Gasteiger partial charge in [-0.1, -0.05) is 12.1 Å². The van der Waals surface area contributed by atoms with Crippen LogP contribution in [-0.4, -0.2) is 23.3 Å². The van der Waals surface area contributed by atoms with Crippen LogP contribution in [0.3, 0.4) is 0 Å². The van der Waals surface area contributed by atoms with E-state index < -0.39 is 5.91 Å². The van der Waals surface area contributed by atoms with E-state index in [1.807, 2.05) is 22.4 Å². The molecular formula is C21H17N3O2S. The molecule has 3 heterocycles. The van der Waals surface area contributed by atoms with E-state index in [9.17, 15) is 9.59 Å². The van der Waals surface area contributed by atoms with E-state index in [-0.39, 0.29) is 5.91 Å². The number of benzene rings is 2. The van der Waals surface area contributed by atoms with Crippen molar-refractivity contribution in [2.45, 2.75) is 19.3 Å². The summed E-state index contributed by atoms with van der Waals surface area (Å²) in [4.78, 5) is 30.4. The Labute approximate surface area is 160 Å². The summed E-state index contributed by atoms with van der Waals surface area (Å²) in [5.74, 6) is -0.245.